The van der Waals surface area contributed by atoms with Crippen molar-refractivity contribution in [2.24, 2.45) is 0 Å². The van der Waals surface area contributed by atoms with Gasteiger partial charge in [-0.2, -0.15) is 4.57 Å². The summed E-state index contributed by atoms with van der Waals surface area (Å²) in [5.41, 5.74) is 4.61. The number of phenolic OH excluding ortho intramolecular Hbond substituents is 1. The average Bonchev–Trinajstić information content (AvgIpc) is 3.64. The van der Waals surface area contributed by atoms with E-state index in [0.717, 1.165) is 70.7 Å². The highest BCUT2D eigenvalue weighted by atomic mass is 35.5. The van der Waals surface area contributed by atoms with E-state index in [4.69, 9.17) is 19.2 Å². The van der Waals surface area contributed by atoms with E-state index in [1.807, 2.05) is 12.3 Å². The number of unbranched alkanes of at least 4 members (excludes halogenated alkanes) is 8. The van der Waals surface area contributed by atoms with Crippen LogP contribution in [0.3, 0.4) is 0 Å². The summed E-state index contributed by atoms with van der Waals surface area (Å²) in [5.74, 6) is 3.39. The summed E-state index contributed by atoms with van der Waals surface area (Å²) in [4.78, 5) is 4.71. The van der Waals surface area contributed by atoms with Crippen LogP contribution in [0.5, 0.6) is 23.0 Å². The number of hydrogen-bond donors (Lipinski definition) is 1. The highest BCUT2D eigenvalue weighted by Crippen LogP contribution is 2.42. The van der Waals surface area contributed by atoms with Crippen LogP contribution < -0.4 is 31.2 Å². The van der Waals surface area contributed by atoms with Gasteiger partial charge in [0.25, 0.3) is 0 Å². The first-order valence-corrected chi connectivity index (χ1v) is 15.3. The third-order valence-corrected chi connectivity index (χ3v) is 8.67. The first kappa shape index (κ1) is 30.0. The molecule has 0 fully saturated rings. The summed E-state index contributed by atoms with van der Waals surface area (Å²) in [5, 5.41) is 12.9. The molecule has 2 aliphatic heterocycles. The first-order valence-electron chi connectivity index (χ1n) is 15.3. The Morgan fingerprint density at radius 2 is 1.69 bits per heavy atom. The number of fused-ring (bicyclic) bond motifs is 5. The molecule has 2 aromatic heterocycles. The van der Waals surface area contributed by atoms with Gasteiger partial charge >= 0.3 is 0 Å². The van der Waals surface area contributed by atoms with E-state index in [9.17, 15) is 5.11 Å². The number of methoxy groups -OCH3 is 1. The zero-order chi connectivity index (χ0) is 28.2. The minimum atomic E-state index is 0. The van der Waals surface area contributed by atoms with E-state index in [0.29, 0.717) is 12.3 Å². The Balaban J connectivity index is 0.00000353. The molecule has 2 aliphatic rings. The molecule has 224 valence electrons. The number of nitrogens with zero attached hydrogens (tertiary/aromatic N) is 3. The maximum Gasteiger partial charge on any atom is 0.231 e. The topological polar surface area (TPSA) is 69.6 Å². The van der Waals surface area contributed by atoms with Crippen molar-refractivity contribution in [3.8, 4) is 34.3 Å². The van der Waals surface area contributed by atoms with Gasteiger partial charge in [-0.05, 0) is 35.7 Å². The lowest BCUT2D eigenvalue weighted by atomic mass is 9.94. The number of aromatic nitrogens is 3. The molecule has 6 rings (SSSR count). The van der Waals surface area contributed by atoms with Crippen LogP contribution >= 0.6 is 0 Å². The Morgan fingerprint density at radius 1 is 0.952 bits per heavy atom. The normalized spacial score (nSPS) is 13.1. The van der Waals surface area contributed by atoms with Gasteiger partial charge < -0.3 is 36.3 Å². The summed E-state index contributed by atoms with van der Waals surface area (Å²) in [6.45, 7) is 4.03. The zero-order valence-electron chi connectivity index (χ0n) is 24.8. The van der Waals surface area contributed by atoms with E-state index in [2.05, 4.69) is 46.7 Å². The number of aryl methyl sites for hydroxylation is 3. The van der Waals surface area contributed by atoms with E-state index < -0.39 is 0 Å². The molecule has 0 saturated heterocycles. The van der Waals surface area contributed by atoms with E-state index >= 15 is 0 Å². The number of imidazole rings is 1. The molecule has 0 unspecified atom stereocenters. The van der Waals surface area contributed by atoms with Crippen LogP contribution in [0.1, 0.15) is 81.7 Å². The fraction of sp³-hybridized carbons (Fsp3) is 0.471. The molecule has 0 amide bonds. The van der Waals surface area contributed by atoms with Crippen LogP contribution in [0.15, 0.2) is 42.9 Å². The number of hydrogen-bond acceptors (Lipinski definition) is 5. The minimum Gasteiger partial charge on any atom is -1.00 e. The van der Waals surface area contributed by atoms with Gasteiger partial charge in [0.05, 0.1) is 18.1 Å². The van der Waals surface area contributed by atoms with Crippen LogP contribution in [0.4, 0.5) is 0 Å². The molecule has 2 aromatic carbocycles. The van der Waals surface area contributed by atoms with Gasteiger partial charge in [-0.25, -0.2) is 4.98 Å². The number of aromatic hydroxyl groups is 1. The van der Waals surface area contributed by atoms with Gasteiger partial charge in [-0.3, -0.25) is 0 Å². The maximum absolute atomic E-state index is 11.1. The molecule has 1 N–H and O–H groups in total. The van der Waals surface area contributed by atoms with E-state index in [1.165, 1.54) is 56.9 Å². The van der Waals surface area contributed by atoms with Gasteiger partial charge in [0.1, 0.15) is 5.82 Å². The molecule has 4 aromatic rings. The van der Waals surface area contributed by atoms with Crippen molar-refractivity contribution in [3.05, 3.63) is 59.8 Å². The molecule has 0 atom stereocenters. The summed E-state index contributed by atoms with van der Waals surface area (Å²) in [6.07, 6.45) is 19.7. The molecule has 0 aliphatic carbocycles. The minimum absolute atomic E-state index is 0. The zero-order valence-corrected chi connectivity index (χ0v) is 25.6. The number of rotatable bonds is 13. The number of pyridine rings is 1. The molecule has 8 heteroatoms. The van der Waals surface area contributed by atoms with Crippen molar-refractivity contribution in [2.45, 2.75) is 90.6 Å². The van der Waals surface area contributed by atoms with Crippen molar-refractivity contribution >= 4 is 10.8 Å². The standard InChI is InChI=1S/C34H41N3O4.ClH/c1-3-4-5-6-7-8-9-10-11-12-33-35-14-16-37(33)21-25-18-32(39-2)34(38)28-22-36-15-13-24-17-30-31(41-23-40-30)20-27(24)29(36)19-26(25)28;/h14,16-20,22H,3-13,15,21,23H2,1-2H3;1H. The van der Waals surface area contributed by atoms with Crippen molar-refractivity contribution in [1.29, 1.82) is 0 Å². The Morgan fingerprint density at radius 3 is 2.45 bits per heavy atom. The molecule has 42 heavy (non-hydrogen) atoms. The Labute approximate surface area is 254 Å². The van der Waals surface area contributed by atoms with Gasteiger partial charge in [0, 0.05) is 43.2 Å². The third-order valence-electron chi connectivity index (χ3n) is 8.67. The molecule has 0 saturated carbocycles. The second-order valence-electron chi connectivity index (χ2n) is 11.4. The molecule has 7 nitrogen and oxygen atoms in total. The predicted molar refractivity (Wildman–Crippen MR) is 160 cm³/mol. The van der Waals surface area contributed by atoms with Crippen molar-refractivity contribution < 1.29 is 36.3 Å². The first-order chi connectivity index (χ1) is 20.2. The quantitative estimate of drug-likeness (QED) is 0.187. The molecule has 0 radical (unpaired) electrons. The molecule has 4 heterocycles. The van der Waals surface area contributed by atoms with E-state index in [-0.39, 0.29) is 24.9 Å². The lowest BCUT2D eigenvalue weighted by Crippen LogP contribution is -3.00. The molecule has 0 bridgehead atoms. The van der Waals surface area contributed by atoms with Crippen LogP contribution in [-0.2, 0) is 25.9 Å². The summed E-state index contributed by atoms with van der Waals surface area (Å²) < 4.78 is 21.4. The number of phenols is 1. The monoisotopic (exact) mass is 591 g/mol. The van der Waals surface area contributed by atoms with Crippen LogP contribution in [0.2, 0.25) is 0 Å². The Bertz CT molecular complexity index is 1530. The lowest BCUT2D eigenvalue weighted by Gasteiger charge is -2.18. The smallest absolute Gasteiger partial charge is 0.231 e. The van der Waals surface area contributed by atoms with Crippen LogP contribution in [0, 0.1) is 0 Å². The third kappa shape index (κ3) is 6.17. The Kier molecular flexibility index (Phi) is 9.78. The molecular formula is C34H42ClN3O4. The molecular weight excluding hydrogens is 550 g/mol. The van der Waals surface area contributed by atoms with Gasteiger partial charge in [-0.15, -0.1) is 0 Å². The number of halogens is 1. The van der Waals surface area contributed by atoms with Crippen molar-refractivity contribution in [2.75, 3.05) is 13.9 Å². The fourth-order valence-corrected chi connectivity index (χ4v) is 6.35. The van der Waals surface area contributed by atoms with E-state index in [1.54, 1.807) is 7.11 Å². The van der Waals surface area contributed by atoms with Gasteiger partial charge in [0.15, 0.2) is 35.7 Å². The Hall–Kier alpha value is -3.45. The fourth-order valence-electron chi connectivity index (χ4n) is 6.35. The highest BCUT2D eigenvalue weighted by molar-refractivity contribution is 5.94. The van der Waals surface area contributed by atoms with Crippen LogP contribution in [0.25, 0.3) is 22.0 Å². The second kappa shape index (κ2) is 13.7. The summed E-state index contributed by atoms with van der Waals surface area (Å²) in [6, 6.07) is 8.39. The van der Waals surface area contributed by atoms with Crippen molar-refractivity contribution in [3.63, 3.8) is 0 Å². The van der Waals surface area contributed by atoms with Gasteiger partial charge in [-0.1, -0.05) is 58.3 Å². The van der Waals surface area contributed by atoms with Crippen molar-refractivity contribution in [1.82, 2.24) is 9.55 Å². The predicted octanol–water partition coefficient (Wildman–Crippen LogP) is 4.12. The van der Waals surface area contributed by atoms with Crippen LogP contribution in [-0.4, -0.2) is 28.6 Å². The molecule has 0 spiro atoms. The van der Waals surface area contributed by atoms with Gasteiger partial charge in [0.2, 0.25) is 12.5 Å². The maximum atomic E-state index is 11.1. The number of ether oxygens (including phenoxy) is 3. The summed E-state index contributed by atoms with van der Waals surface area (Å²) >= 11 is 0. The number of benzene rings is 2. The highest BCUT2D eigenvalue weighted by Gasteiger charge is 2.29. The summed E-state index contributed by atoms with van der Waals surface area (Å²) in [7, 11) is 1.61. The second-order valence-corrected chi connectivity index (χ2v) is 11.4. The lowest BCUT2D eigenvalue weighted by molar-refractivity contribution is -0.686. The largest absolute Gasteiger partial charge is 1.00 e. The average molecular weight is 592 g/mol. The SMILES string of the molecule is CCCCCCCCCCCc1nccn1Cc1cc(OC)c(O)c2c[n+]3c(cc12)-c1cc2c(cc1CC3)OCO2.[Cl-].